The molecular weight excluding hydrogens is 302 g/mol. The molecule has 0 spiro atoms. The molecule has 1 N–H and O–H groups in total. The monoisotopic (exact) mass is 315 g/mol. The van der Waals surface area contributed by atoms with Crippen LogP contribution in [0.25, 0.3) is 0 Å². The van der Waals surface area contributed by atoms with Crippen LogP contribution >= 0.6 is 27.5 Å². The Hall–Kier alpha value is -0.600. The van der Waals surface area contributed by atoms with Crippen LogP contribution in [0.4, 0.5) is 0 Å². The Balaban J connectivity index is 2.70. The first-order chi connectivity index (χ1) is 8.04. The van der Waals surface area contributed by atoms with Crippen LogP contribution in [0.5, 0.6) is 0 Å². The zero-order valence-electron chi connectivity index (χ0n) is 9.87. The fourth-order valence-electron chi connectivity index (χ4n) is 1.39. The highest BCUT2D eigenvalue weighted by atomic mass is 79.9. The quantitative estimate of drug-likeness (QED) is 0.908. The molecule has 1 aromatic rings. The number of nitrogens with zero attached hydrogens (tertiary/aromatic N) is 2. The molecule has 0 radical (unpaired) electrons. The van der Waals surface area contributed by atoms with Crippen molar-refractivity contribution in [1.29, 1.82) is 5.26 Å². The largest absolute Gasteiger partial charge is 0.308 e. The molecule has 0 heterocycles. The topological polar surface area (TPSA) is 39.1 Å². The summed E-state index contributed by atoms with van der Waals surface area (Å²) < 4.78 is 0.855. The Bertz CT molecular complexity index is 415. The van der Waals surface area contributed by atoms with Gasteiger partial charge in [0.1, 0.15) is 6.04 Å². The molecule has 0 bridgehead atoms. The summed E-state index contributed by atoms with van der Waals surface area (Å²) in [5.74, 6) is 0. The SMILES string of the molecule is CN(C)CCNC(C#N)c1ccc(Cl)cc1Br. The van der Waals surface area contributed by atoms with E-state index in [2.05, 4.69) is 32.2 Å². The lowest BCUT2D eigenvalue weighted by Crippen LogP contribution is -2.29. The number of rotatable bonds is 5. The Morgan fingerprint density at radius 3 is 2.76 bits per heavy atom. The van der Waals surface area contributed by atoms with Crippen molar-refractivity contribution in [1.82, 2.24) is 10.2 Å². The van der Waals surface area contributed by atoms with Gasteiger partial charge < -0.3 is 4.90 Å². The van der Waals surface area contributed by atoms with Crippen LogP contribution in [0.15, 0.2) is 22.7 Å². The van der Waals surface area contributed by atoms with Crippen molar-refractivity contribution >= 4 is 27.5 Å². The lowest BCUT2D eigenvalue weighted by Gasteiger charge is -2.15. The Labute approximate surface area is 115 Å². The first-order valence-corrected chi connectivity index (χ1v) is 6.44. The Morgan fingerprint density at radius 1 is 1.53 bits per heavy atom. The van der Waals surface area contributed by atoms with Gasteiger partial charge in [-0.05, 0) is 31.8 Å². The molecule has 0 aliphatic carbocycles. The van der Waals surface area contributed by atoms with Gasteiger partial charge in [0.25, 0.3) is 0 Å². The van der Waals surface area contributed by atoms with E-state index in [0.29, 0.717) is 5.02 Å². The van der Waals surface area contributed by atoms with Crippen molar-refractivity contribution < 1.29 is 0 Å². The zero-order valence-corrected chi connectivity index (χ0v) is 12.2. The third-order valence-electron chi connectivity index (χ3n) is 2.31. The second-order valence-corrected chi connectivity index (χ2v) is 5.28. The van der Waals surface area contributed by atoms with E-state index in [1.54, 1.807) is 12.1 Å². The van der Waals surface area contributed by atoms with Gasteiger partial charge in [0.05, 0.1) is 6.07 Å². The molecule has 0 aromatic heterocycles. The molecule has 1 atom stereocenters. The average molecular weight is 317 g/mol. The van der Waals surface area contributed by atoms with Gasteiger partial charge in [-0.1, -0.05) is 33.6 Å². The van der Waals surface area contributed by atoms with Gasteiger partial charge in [-0.2, -0.15) is 5.26 Å². The Kier molecular flexibility index (Phi) is 5.93. The van der Waals surface area contributed by atoms with Crippen molar-refractivity contribution in [3.63, 3.8) is 0 Å². The number of halogens is 2. The predicted octanol–water partition coefficient (Wildman–Crippen LogP) is 2.82. The van der Waals surface area contributed by atoms with Gasteiger partial charge in [0, 0.05) is 22.6 Å². The summed E-state index contributed by atoms with van der Waals surface area (Å²) in [5.41, 5.74) is 0.913. The molecule has 0 amide bonds. The number of hydrogen-bond acceptors (Lipinski definition) is 3. The number of nitriles is 1. The summed E-state index contributed by atoms with van der Waals surface area (Å²) in [4.78, 5) is 2.07. The molecule has 1 unspecified atom stereocenters. The minimum atomic E-state index is -0.318. The first kappa shape index (κ1) is 14.5. The van der Waals surface area contributed by atoms with Crippen molar-refractivity contribution in [3.8, 4) is 6.07 Å². The van der Waals surface area contributed by atoms with E-state index in [0.717, 1.165) is 23.1 Å². The first-order valence-electron chi connectivity index (χ1n) is 5.27. The van der Waals surface area contributed by atoms with E-state index in [1.165, 1.54) is 0 Å². The summed E-state index contributed by atoms with van der Waals surface area (Å²) >= 11 is 9.29. The molecule has 17 heavy (non-hydrogen) atoms. The lowest BCUT2D eigenvalue weighted by molar-refractivity contribution is 0.395. The molecule has 0 saturated carbocycles. The van der Waals surface area contributed by atoms with Gasteiger partial charge >= 0.3 is 0 Å². The van der Waals surface area contributed by atoms with E-state index in [4.69, 9.17) is 16.9 Å². The maximum absolute atomic E-state index is 9.16. The van der Waals surface area contributed by atoms with Crippen LogP contribution in [0.1, 0.15) is 11.6 Å². The fraction of sp³-hybridized carbons (Fsp3) is 0.417. The highest BCUT2D eigenvalue weighted by molar-refractivity contribution is 9.10. The highest BCUT2D eigenvalue weighted by Crippen LogP contribution is 2.26. The molecule has 0 fully saturated rings. The minimum absolute atomic E-state index is 0.318. The maximum atomic E-state index is 9.16. The predicted molar refractivity (Wildman–Crippen MR) is 74.1 cm³/mol. The van der Waals surface area contributed by atoms with Gasteiger partial charge in [-0.15, -0.1) is 0 Å². The second kappa shape index (κ2) is 6.97. The summed E-state index contributed by atoms with van der Waals surface area (Å²) in [5, 5.41) is 13.0. The lowest BCUT2D eigenvalue weighted by atomic mass is 10.1. The smallest absolute Gasteiger partial charge is 0.122 e. The van der Waals surface area contributed by atoms with E-state index < -0.39 is 0 Å². The van der Waals surface area contributed by atoms with Gasteiger partial charge in [0.2, 0.25) is 0 Å². The van der Waals surface area contributed by atoms with Crippen LogP contribution in [0.3, 0.4) is 0 Å². The van der Waals surface area contributed by atoms with Crippen LogP contribution in [-0.2, 0) is 0 Å². The molecule has 0 aliphatic heterocycles. The summed E-state index contributed by atoms with van der Waals surface area (Å²) in [6.07, 6.45) is 0. The maximum Gasteiger partial charge on any atom is 0.122 e. The van der Waals surface area contributed by atoms with Gasteiger partial charge in [0.15, 0.2) is 0 Å². The van der Waals surface area contributed by atoms with E-state index >= 15 is 0 Å². The van der Waals surface area contributed by atoms with Gasteiger partial charge in [-0.25, -0.2) is 0 Å². The number of likely N-dealkylation sites (N-methyl/N-ethyl adjacent to an activating group) is 1. The summed E-state index contributed by atoms with van der Waals surface area (Å²) in [7, 11) is 4.00. The molecule has 0 aliphatic rings. The fourth-order valence-corrected chi connectivity index (χ4v) is 2.30. The van der Waals surface area contributed by atoms with Crippen LogP contribution < -0.4 is 5.32 Å². The number of hydrogen-bond donors (Lipinski definition) is 1. The van der Waals surface area contributed by atoms with Crippen LogP contribution in [-0.4, -0.2) is 32.1 Å². The standard InChI is InChI=1S/C12H15BrClN3/c1-17(2)6-5-16-12(8-15)10-4-3-9(14)7-11(10)13/h3-4,7,12,16H,5-6H2,1-2H3. The number of benzene rings is 1. The van der Waals surface area contributed by atoms with Crippen molar-refractivity contribution in [2.24, 2.45) is 0 Å². The third kappa shape index (κ3) is 4.64. The summed E-state index contributed by atoms with van der Waals surface area (Å²) in [6.45, 7) is 1.66. The van der Waals surface area contributed by atoms with E-state index in [9.17, 15) is 0 Å². The zero-order chi connectivity index (χ0) is 12.8. The molecule has 0 saturated heterocycles. The molecule has 92 valence electrons. The second-order valence-electron chi connectivity index (χ2n) is 3.99. The Morgan fingerprint density at radius 2 is 2.24 bits per heavy atom. The van der Waals surface area contributed by atoms with Crippen LogP contribution in [0, 0.1) is 11.3 Å². The average Bonchev–Trinajstić information content (AvgIpc) is 2.25. The van der Waals surface area contributed by atoms with Crippen molar-refractivity contribution in [2.75, 3.05) is 27.2 Å². The van der Waals surface area contributed by atoms with Gasteiger partial charge in [-0.3, -0.25) is 5.32 Å². The van der Waals surface area contributed by atoms with Crippen molar-refractivity contribution in [2.45, 2.75) is 6.04 Å². The van der Waals surface area contributed by atoms with E-state index in [1.807, 2.05) is 20.2 Å². The molecule has 3 nitrogen and oxygen atoms in total. The van der Waals surface area contributed by atoms with E-state index in [-0.39, 0.29) is 6.04 Å². The molecule has 1 rings (SSSR count). The normalized spacial score (nSPS) is 12.5. The number of nitrogens with one attached hydrogen (secondary N) is 1. The van der Waals surface area contributed by atoms with Crippen molar-refractivity contribution in [3.05, 3.63) is 33.3 Å². The third-order valence-corrected chi connectivity index (χ3v) is 3.23. The molecular formula is C12H15BrClN3. The summed E-state index contributed by atoms with van der Waals surface area (Å²) in [6, 6.07) is 7.39. The van der Waals surface area contributed by atoms with Crippen LogP contribution in [0.2, 0.25) is 5.02 Å². The highest BCUT2D eigenvalue weighted by Gasteiger charge is 2.13. The minimum Gasteiger partial charge on any atom is -0.308 e. The molecule has 1 aromatic carbocycles. The molecule has 5 heteroatoms.